The Labute approximate surface area is 67.4 Å². The van der Waals surface area contributed by atoms with E-state index in [0.29, 0.717) is 6.54 Å². The zero-order valence-electron chi connectivity index (χ0n) is 5.13. The zero-order chi connectivity index (χ0) is 6.85. The van der Waals surface area contributed by atoms with Crippen molar-refractivity contribution in [3.8, 4) is 0 Å². The van der Waals surface area contributed by atoms with Gasteiger partial charge in [0.1, 0.15) is 3.70 Å². The van der Waals surface area contributed by atoms with Gasteiger partial charge in [-0.2, -0.15) is 5.10 Å². The Morgan fingerprint density at radius 2 is 2.56 bits per heavy atom. The second-order valence-corrected chi connectivity index (χ2v) is 2.81. The van der Waals surface area contributed by atoms with Crippen LogP contribution < -0.4 is 5.73 Å². The Balaban J connectivity index is 3.04. The number of halogens is 1. The minimum absolute atomic E-state index is 0.576. The van der Waals surface area contributed by atoms with Gasteiger partial charge in [-0.25, -0.2) is 0 Å². The first-order valence-electron chi connectivity index (χ1n) is 2.62. The number of nitrogens with two attached hydrogens (primary N) is 1. The molecule has 0 aliphatic heterocycles. The highest BCUT2D eigenvalue weighted by Crippen LogP contribution is 2.08. The highest BCUT2D eigenvalue weighted by Gasteiger charge is 2.00. The summed E-state index contributed by atoms with van der Waals surface area (Å²) in [6, 6.07) is 0. The van der Waals surface area contributed by atoms with Gasteiger partial charge < -0.3 is 5.73 Å². The van der Waals surface area contributed by atoms with E-state index in [9.17, 15) is 0 Å². The van der Waals surface area contributed by atoms with Crippen molar-refractivity contribution in [1.29, 1.82) is 0 Å². The summed E-state index contributed by atoms with van der Waals surface area (Å²) in [4.78, 5) is 0. The van der Waals surface area contributed by atoms with Crippen molar-refractivity contribution >= 4 is 22.6 Å². The van der Waals surface area contributed by atoms with Crippen LogP contribution in [0.2, 0.25) is 0 Å². The predicted molar refractivity (Wildman–Crippen MR) is 43.8 cm³/mol. The topological polar surface area (TPSA) is 43.8 Å². The first-order chi connectivity index (χ1) is 4.25. The summed E-state index contributed by atoms with van der Waals surface area (Å²) in [6.45, 7) is 0.576. The van der Waals surface area contributed by atoms with E-state index in [4.69, 9.17) is 5.73 Å². The maximum atomic E-state index is 5.41. The molecule has 0 saturated heterocycles. The Morgan fingerprint density at radius 3 is 2.78 bits per heavy atom. The number of hydrogen-bond donors (Lipinski definition) is 1. The summed E-state index contributed by atoms with van der Waals surface area (Å²) in [5.74, 6) is 0. The van der Waals surface area contributed by atoms with Crippen LogP contribution in [0.25, 0.3) is 0 Å². The quantitative estimate of drug-likeness (QED) is 0.722. The Bertz CT molecular complexity index is 206. The normalized spacial score (nSPS) is 10.1. The van der Waals surface area contributed by atoms with Crippen LogP contribution >= 0.6 is 22.6 Å². The minimum atomic E-state index is 0.576. The monoisotopic (exact) mass is 237 g/mol. The van der Waals surface area contributed by atoms with E-state index < -0.39 is 0 Å². The van der Waals surface area contributed by atoms with Crippen LogP contribution in [0.3, 0.4) is 0 Å². The second-order valence-electron chi connectivity index (χ2n) is 1.79. The van der Waals surface area contributed by atoms with E-state index in [0.717, 1.165) is 9.26 Å². The van der Waals surface area contributed by atoms with Crippen LogP contribution in [0.5, 0.6) is 0 Å². The van der Waals surface area contributed by atoms with Crippen LogP contribution in [0.1, 0.15) is 5.56 Å². The maximum absolute atomic E-state index is 5.41. The van der Waals surface area contributed by atoms with Crippen molar-refractivity contribution in [2.45, 2.75) is 6.54 Å². The number of aryl methyl sites for hydroxylation is 1. The molecule has 0 bridgehead atoms. The molecule has 1 rings (SSSR count). The fourth-order valence-electron chi connectivity index (χ4n) is 0.605. The van der Waals surface area contributed by atoms with Crippen molar-refractivity contribution < 1.29 is 0 Å². The van der Waals surface area contributed by atoms with E-state index in [1.54, 1.807) is 6.20 Å². The molecule has 4 heteroatoms. The summed E-state index contributed by atoms with van der Waals surface area (Å²) in [5.41, 5.74) is 6.52. The third-order valence-corrected chi connectivity index (χ3v) is 2.55. The molecule has 1 aromatic heterocycles. The highest BCUT2D eigenvalue weighted by atomic mass is 127. The largest absolute Gasteiger partial charge is 0.326 e. The number of rotatable bonds is 1. The number of hydrogen-bond acceptors (Lipinski definition) is 2. The van der Waals surface area contributed by atoms with Gasteiger partial charge >= 0.3 is 0 Å². The standard InChI is InChI=1S/C5H8IN3/c1-9-5(6)4(2-7)3-8-9/h3H,2,7H2,1H3. The summed E-state index contributed by atoms with van der Waals surface area (Å²) < 4.78 is 2.93. The smallest absolute Gasteiger partial charge is 0.103 e. The van der Waals surface area contributed by atoms with Gasteiger partial charge in [0.25, 0.3) is 0 Å². The Kier molecular flexibility index (Phi) is 2.07. The molecule has 0 aliphatic rings. The summed E-state index contributed by atoms with van der Waals surface area (Å²) in [6.07, 6.45) is 1.79. The van der Waals surface area contributed by atoms with Gasteiger partial charge in [-0.1, -0.05) is 0 Å². The number of nitrogens with zero attached hydrogens (tertiary/aromatic N) is 2. The van der Waals surface area contributed by atoms with Crippen LogP contribution in [-0.4, -0.2) is 9.78 Å². The molecule has 0 unspecified atom stereocenters. The molecular weight excluding hydrogens is 229 g/mol. The van der Waals surface area contributed by atoms with Crippen LogP contribution in [0, 0.1) is 3.70 Å². The average molecular weight is 237 g/mol. The Hall–Kier alpha value is -0.100. The molecule has 0 aliphatic carbocycles. The van der Waals surface area contributed by atoms with Gasteiger partial charge in [0.05, 0.1) is 6.20 Å². The third kappa shape index (κ3) is 1.24. The van der Waals surface area contributed by atoms with E-state index in [1.807, 2.05) is 11.7 Å². The van der Waals surface area contributed by atoms with Gasteiger partial charge in [-0.15, -0.1) is 0 Å². The fourth-order valence-corrected chi connectivity index (χ4v) is 1.09. The lowest BCUT2D eigenvalue weighted by Crippen LogP contribution is -1.98. The summed E-state index contributed by atoms with van der Waals surface area (Å²) >= 11 is 2.22. The molecule has 0 spiro atoms. The van der Waals surface area contributed by atoms with Crippen molar-refractivity contribution in [1.82, 2.24) is 9.78 Å². The molecular formula is C5H8IN3. The van der Waals surface area contributed by atoms with Crippen LogP contribution in [-0.2, 0) is 13.6 Å². The maximum Gasteiger partial charge on any atom is 0.103 e. The lowest BCUT2D eigenvalue weighted by Gasteiger charge is -1.91. The number of aromatic nitrogens is 2. The minimum Gasteiger partial charge on any atom is -0.326 e. The highest BCUT2D eigenvalue weighted by molar-refractivity contribution is 14.1. The van der Waals surface area contributed by atoms with Crippen molar-refractivity contribution in [2.24, 2.45) is 12.8 Å². The molecule has 0 atom stereocenters. The summed E-state index contributed by atoms with van der Waals surface area (Å²) in [7, 11) is 1.90. The van der Waals surface area contributed by atoms with E-state index in [-0.39, 0.29) is 0 Å². The van der Waals surface area contributed by atoms with E-state index in [1.165, 1.54) is 0 Å². The van der Waals surface area contributed by atoms with Gasteiger partial charge in [0.2, 0.25) is 0 Å². The fraction of sp³-hybridized carbons (Fsp3) is 0.400. The molecule has 0 aromatic carbocycles. The van der Waals surface area contributed by atoms with Gasteiger partial charge in [0, 0.05) is 19.2 Å². The lowest BCUT2D eigenvalue weighted by atomic mass is 10.4. The van der Waals surface area contributed by atoms with E-state index in [2.05, 4.69) is 27.7 Å². The zero-order valence-corrected chi connectivity index (χ0v) is 7.29. The SMILES string of the molecule is Cn1ncc(CN)c1I. The van der Waals surface area contributed by atoms with Gasteiger partial charge in [-0.05, 0) is 22.6 Å². The molecule has 1 aromatic rings. The van der Waals surface area contributed by atoms with Gasteiger partial charge in [0.15, 0.2) is 0 Å². The Morgan fingerprint density at radius 1 is 1.89 bits per heavy atom. The van der Waals surface area contributed by atoms with E-state index >= 15 is 0 Å². The first kappa shape index (κ1) is 7.01. The van der Waals surface area contributed by atoms with Crippen LogP contribution in [0.15, 0.2) is 6.20 Å². The molecule has 50 valence electrons. The van der Waals surface area contributed by atoms with Crippen molar-refractivity contribution in [3.63, 3.8) is 0 Å². The molecule has 3 nitrogen and oxygen atoms in total. The summed E-state index contributed by atoms with van der Waals surface area (Å²) in [5, 5.41) is 4.02. The van der Waals surface area contributed by atoms with Crippen molar-refractivity contribution in [2.75, 3.05) is 0 Å². The van der Waals surface area contributed by atoms with Crippen LogP contribution in [0.4, 0.5) is 0 Å². The molecule has 1 heterocycles. The second kappa shape index (κ2) is 2.66. The lowest BCUT2D eigenvalue weighted by molar-refractivity contribution is 0.745. The molecule has 0 fully saturated rings. The van der Waals surface area contributed by atoms with Crippen molar-refractivity contribution in [3.05, 3.63) is 15.5 Å². The molecule has 9 heavy (non-hydrogen) atoms. The predicted octanol–water partition coefficient (Wildman–Crippen LogP) is 0.483. The first-order valence-corrected chi connectivity index (χ1v) is 3.70. The molecule has 0 radical (unpaired) electrons. The average Bonchev–Trinajstić information content (AvgIpc) is 2.15. The molecule has 2 N–H and O–H groups in total. The molecule has 0 amide bonds. The van der Waals surface area contributed by atoms with Gasteiger partial charge in [-0.3, -0.25) is 4.68 Å². The molecule has 0 saturated carbocycles. The third-order valence-electron chi connectivity index (χ3n) is 1.16.